The summed E-state index contributed by atoms with van der Waals surface area (Å²) in [6.07, 6.45) is 0.906. The predicted molar refractivity (Wildman–Crippen MR) is 62.3 cm³/mol. The van der Waals surface area contributed by atoms with Crippen molar-refractivity contribution in [1.82, 2.24) is 0 Å². The normalized spacial score (nSPS) is 12.6. The maximum Gasteiger partial charge on any atom is 0.524 e. The molecular weight excluding hydrogens is 227 g/mol. The fourth-order valence-electron chi connectivity index (χ4n) is 1.42. The van der Waals surface area contributed by atoms with Gasteiger partial charge in [0.05, 0.1) is 0 Å². The lowest BCUT2D eigenvalue weighted by Crippen LogP contribution is -2.08. The van der Waals surface area contributed by atoms with Crippen molar-refractivity contribution in [3.8, 4) is 5.75 Å². The average molecular weight is 244 g/mol. The molecule has 1 aromatic rings. The summed E-state index contributed by atoms with van der Waals surface area (Å²) >= 11 is 0. The van der Waals surface area contributed by atoms with Crippen molar-refractivity contribution in [2.75, 3.05) is 0 Å². The van der Waals surface area contributed by atoms with Crippen LogP contribution >= 0.6 is 7.82 Å². The van der Waals surface area contributed by atoms with Crippen LogP contribution in [0.25, 0.3) is 0 Å². The van der Waals surface area contributed by atoms with Crippen LogP contribution in [0.3, 0.4) is 0 Å². The Hall–Kier alpha value is -0.830. The van der Waals surface area contributed by atoms with E-state index >= 15 is 0 Å². The van der Waals surface area contributed by atoms with Crippen molar-refractivity contribution in [1.29, 1.82) is 0 Å². The second kappa shape index (κ2) is 4.58. The first kappa shape index (κ1) is 13.2. The molecule has 1 aromatic carbocycles. The predicted octanol–water partition coefficient (Wildman–Crippen LogP) is 2.75. The maximum atomic E-state index is 10.6. The van der Waals surface area contributed by atoms with Gasteiger partial charge in [0, 0.05) is 0 Å². The van der Waals surface area contributed by atoms with Gasteiger partial charge in [0.1, 0.15) is 5.75 Å². The number of phosphoric acid groups is 1. The number of hydrogen-bond acceptors (Lipinski definition) is 2. The Morgan fingerprint density at radius 1 is 1.19 bits per heavy atom. The fraction of sp³-hybridized carbons (Fsp3) is 0.455. The number of rotatable bonds is 3. The molecule has 5 heteroatoms. The van der Waals surface area contributed by atoms with Gasteiger partial charge in [-0.25, -0.2) is 4.57 Å². The summed E-state index contributed by atoms with van der Waals surface area (Å²) in [7, 11) is -4.44. The maximum absolute atomic E-state index is 10.6. The molecule has 0 amide bonds. The molecule has 0 fully saturated rings. The van der Waals surface area contributed by atoms with E-state index < -0.39 is 7.82 Å². The number of benzene rings is 1. The SMILES string of the molecule is CC(C)(C)Cc1ccc(OP(=O)(O)O)cc1. The van der Waals surface area contributed by atoms with Gasteiger partial charge < -0.3 is 4.52 Å². The lowest BCUT2D eigenvalue weighted by atomic mass is 9.88. The van der Waals surface area contributed by atoms with Gasteiger partial charge in [-0.1, -0.05) is 32.9 Å². The van der Waals surface area contributed by atoms with Crippen LogP contribution in [0.1, 0.15) is 26.3 Å². The molecule has 2 N–H and O–H groups in total. The van der Waals surface area contributed by atoms with E-state index in [9.17, 15) is 4.57 Å². The third-order valence-electron chi connectivity index (χ3n) is 1.88. The second-order valence-corrected chi connectivity index (χ2v) is 6.13. The second-order valence-electron chi connectivity index (χ2n) is 4.96. The molecule has 0 aliphatic heterocycles. The van der Waals surface area contributed by atoms with Crippen molar-refractivity contribution in [2.24, 2.45) is 5.41 Å². The molecular formula is C11H17O4P. The highest BCUT2D eigenvalue weighted by Gasteiger charge is 2.16. The molecule has 0 saturated heterocycles. The topological polar surface area (TPSA) is 66.8 Å². The Balaban J connectivity index is 2.72. The van der Waals surface area contributed by atoms with Crippen LogP contribution in [-0.2, 0) is 11.0 Å². The van der Waals surface area contributed by atoms with Crippen LogP contribution in [-0.4, -0.2) is 9.79 Å². The summed E-state index contributed by atoms with van der Waals surface area (Å²) < 4.78 is 15.0. The van der Waals surface area contributed by atoms with Crippen LogP contribution < -0.4 is 4.52 Å². The minimum Gasteiger partial charge on any atom is -0.404 e. The largest absolute Gasteiger partial charge is 0.524 e. The Morgan fingerprint density at radius 2 is 1.69 bits per heavy atom. The molecule has 0 unspecified atom stereocenters. The van der Waals surface area contributed by atoms with Crippen LogP contribution in [0.4, 0.5) is 0 Å². The molecule has 0 spiro atoms. The van der Waals surface area contributed by atoms with Gasteiger partial charge in [-0.15, -0.1) is 0 Å². The molecule has 4 nitrogen and oxygen atoms in total. The van der Waals surface area contributed by atoms with Crippen molar-refractivity contribution in [2.45, 2.75) is 27.2 Å². The number of hydrogen-bond donors (Lipinski definition) is 2. The molecule has 0 aliphatic carbocycles. The molecule has 1 rings (SSSR count). The van der Waals surface area contributed by atoms with Gasteiger partial charge in [0.25, 0.3) is 0 Å². The zero-order valence-electron chi connectivity index (χ0n) is 9.67. The van der Waals surface area contributed by atoms with E-state index in [2.05, 4.69) is 25.3 Å². The van der Waals surface area contributed by atoms with Crippen molar-refractivity contribution in [3.63, 3.8) is 0 Å². The summed E-state index contributed by atoms with van der Waals surface area (Å²) in [4.78, 5) is 17.2. The summed E-state index contributed by atoms with van der Waals surface area (Å²) in [6, 6.07) is 6.77. The van der Waals surface area contributed by atoms with Crippen LogP contribution in [0, 0.1) is 5.41 Å². The van der Waals surface area contributed by atoms with Crippen molar-refractivity contribution in [3.05, 3.63) is 29.8 Å². The quantitative estimate of drug-likeness (QED) is 0.802. The summed E-state index contributed by atoms with van der Waals surface area (Å²) in [5, 5.41) is 0. The van der Waals surface area contributed by atoms with E-state index in [0.717, 1.165) is 12.0 Å². The van der Waals surface area contributed by atoms with Crippen molar-refractivity contribution < 1.29 is 18.9 Å². The molecule has 0 atom stereocenters. The Morgan fingerprint density at radius 3 is 2.06 bits per heavy atom. The van der Waals surface area contributed by atoms with E-state index in [0.29, 0.717) is 0 Å². The van der Waals surface area contributed by atoms with Gasteiger partial charge >= 0.3 is 7.82 Å². The fourth-order valence-corrected chi connectivity index (χ4v) is 1.81. The summed E-state index contributed by atoms with van der Waals surface area (Å²) in [6.45, 7) is 6.40. The van der Waals surface area contributed by atoms with Gasteiger partial charge in [-0.3, -0.25) is 9.79 Å². The molecule has 0 heterocycles. The molecule has 0 saturated carbocycles. The Kier molecular flexibility index (Phi) is 3.79. The zero-order chi connectivity index (χ0) is 12.4. The summed E-state index contributed by atoms with van der Waals surface area (Å²) in [5.41, 5.74) is 1.30. The molecule has 16 heavy (non-hydrogen) atoms. The van der Waals surface area contributed by atoms with Gasteiger partial charge in [-0.2, -0.15) is 0 Å². The first-order valence-electron chi connectivity index (χ1n) is 5.00. The molecule has 0 aromatic heterocycles. The average Bonchev–Trinajstić information content (AvgIpc) is 2.03. The van der Waals surface area contributed by atoms with E-state index in [-0.39, 0.29) is 11.2 Å². The van der Waals surface area contributed by atoms with E-state index in [1.165, 1.54) is 0 Å². The van der Waals surface area contributed by atoms with Crippen LogP contribution in [0.15, 0.2) is 24.3 Å². The third-order valence-corrected chi connectivity index (χ3v) is 2.33. The molecule has 90 valence electrons. The highest BCUT2D eigenvalue weighted by Crippen LogP contribution is 2.37. The minimum absolute atomic E-state index is 0.186. The smallest absolute Gasteiger partial charge is 0.404 e. The first-order chi connectivity index (χ1) is 7.16. The highest BCUT2D eigenvalue weighted by molar-refractivity contribution is 7.46. The monoisotopic (exact) mass is 244 g/mol. The van der Waals surface area contributed by atoms with Crippen molar-refractivity contribution >= 4 is 7.82 Å². The van der Waals surface area contributed by atoms with Crippen LogP contribution in [0.2, 0.25) is 0 Å². The molecule has 0 aliphatic rings. The Bertz CT molecular complexity index is 385. The molecule has 0 radical (unpaired) electrons. The standard InChI is InChI=1S/C11H17O4P/c1-11(2,3)8-9-4-6-10(7-5-9)15-16(12,13)14/h4-7H,8H2,1-3H3,(H2,12,13,14). The van der Waals surface area contributed by atoms with E-state index in [1.807, 2.05) is 12.1 Å². The molecule has 0 bridgehead atoms. The zero-order valence-corrected chi connectivity index (χ0v) is 10.6. The number of phosphoric ester groups is 1. The highest BCUT2D eigenvalue weighted by atomic mass is 31.2. The van der Waals surface area contributed by atoms with E-state index in [1.54, 1.807) is 12.1 Å². The van der Waals surface area contributed by atoms with Gasteiger partial charge in [0.15, 0.2) is 0 Å². The lowest BCUT2D eigenvalue weighted by molar-refractivity contribution is 0.283. The van der Waals surface area contributed by atoms with E-state index in [4.69, 9.17) is 9.79 Å². The van der Waals surface area contributed by atoms with Crippen LogP contribution in [0.5, 0.6) is 5.75 Å². The summed E-state index contributed by atoms with van der Waals surface area (Å²) in [5.74, 6) is 0.186. The lowest BCUT2D eigenvalue weighted by Gasteiger charge is -2.18. The minimum atomic E-state index is -4.44. The Labute approximate surface area is 95.5 Å². The van der Waals surface area contributed by atoms with Gasteiger partial charge in [-0.05, 0) is 29.5 Å². The third kappa shape index (κ3) is 5.31. The first-order valence-corrected chi connectivity index (χ1v) is 6.53. The van der Waals surface area contributed by atoms with Gasteiger partial charge in [0.2, 0.25) is 0 Å².